The molecule has 2 aromatic heterocycles. The minimum absolute atomic E-state index is 0.0519. The molecule has 0 fully saturated rings. The maximum absolute atomic E-state index is 11.2. The number of non-ortho nitro benzene ring substituents is 1. The molecule has 8 nitrogen and oxygen atoms in total. The lowest BCUT2D eigenvalue weighted by molar-refractivity contribution is -0.384. The third-order valence-electron chi connectivity index (χ3n) is 4.77. The van der Waals surface area contributed by atoms with Crippen molar-refractivity contribution in [2.45, 2.75) is 6.04 Å². The number of nitro groups is 1. The van der Waals surface area contributed by atoms with Crippen molar-refractivity contribution < 1.29 is 4.92 Å². The van der Waals surface area contributed by atoms with Crippen LogP contribution in [-0.2, 0) is 0 Å². The number of nitro benzene ring substituents is 1. The zero-order valence-corrected chi connectivity index (χ0v) is 14.0. The van der Waals surface area contributed by atoms with Crippen LogP contribution in [-0.4, -0.2) is 19.5 Å². The number of nitrogens with one attached hydrogen (secondary N) is 1. The first kappa shape index (κ1) is 15.3. The molecule has 132 valence electrons. The monoisotopic (exact) mass is 358 g/mol. The summed E-state index contributed by atoms with van der Waals surface area (Å²) in [4.78, 5) is 15.3. The second kappa shape index (κ2) is 5.53. The standard InChI is InChI=1S/C19H14N6O2/c20-19-22-17-13-6-1-2-7-15(13)21-16(14-8-9-24(23-19)18(14)17)11-4-3-5-12(10-11)25(26)27/h1-10,16,21H,(H2,20,23). The number of para-hydroxylation sites is 1. The van der Waals surface area contributed by atoms with Crippen LogP contribution in [0.4, 0.5) is 17.3 Å². The van der Waals surface area contributed by atoms with E-state index in [4.69, 9.17) is 5.73 Å². The SMILES string of the molecule is Nc1nc2c3c(ccn3n1)C(c1cccc([N+](=O)[O-])c1)Nc1ccccc1-2. The van der Waals surface area contributed by atoms with E-state index in [2.05, 4.69) is 15.4 Å². The highest BCUT2D eigenvalue weighted by Crippen LogP contribution is 2.41. The third-order valence-corrected chi connectivity index (χ3v) is 4.77. The summed E-state index contributed by atoms with van der Waals surface area (Å²) >= 11 is 0. The Kier molecular flexibility index (Phi) is 3.14. The summed E-state index contributed by atoms with van der Waals surface area (Å²) in [5, 5.41) is 19.0. The Hall–Kier alpha value is -3.94. The van der Waals surface area contributed by atoms with Crippen LogP contribution in [0, 0.1) is 10.1 Å². The summed E-state index contributed by atoms with van der Waals surface area (Å²) in [5.74, 6) is 0.184. The number of nitrogens with zero attached hydrogens (tertiary/aromatic N) is 4. The average Bonchev–Trinajstić information content (AvgIpc) is 3.03. The quantitative estimate of drug-likeness (QED) is 0.420. The molecular weight excluding hydrogens is 344 g/mol. The van der Waals surface area contributed by atoms with Crippen molar-refractivity contribution in [3.05, 3.63) is 82.0 Å². The van der Waals surface area contributed by atoms with E-state index in [0.717, 1.165) is 33.6 Å². The fraction of sp³-hybridized carbons (Fsp3) is 0.0526. The summed E-state index contributed by atoms with van der Waals surface area (Å²) in [7, 11) is 0. The van der Waals surface area contributed by atoms with Crippen molar-refractivity contribution in [2.75, 3.05) is 11.1 Å². The molecule has 8 heteroatoms. The van der Waals surface area contributed by atoms with E-state index in [-0.39, 0.29) is 22.6 Å². The first-order chi connectivity index (χ1) is 13.1. The van der Waals surface area contributed by atoms with Gasteiger partial charge in [0.2, 0.25) is 5.95 Å². The molecule has 0 saturated heterocycles. The highest BCUT2D eigenvalue weighted by molar-refractivity contribution is 5.90. The van der Waals surface area contributed by atoms with Crippen LogP contribution in [0.5, 0.6) is 0 Å². The highest BCUT2D eigenvalue weighted by Gasteiger charge is 2.27. The van der Waals surface area contributed by atoms with Gasteiger partial charge < -0.3 is 11.1 Å². The second-order valence-electron chi connectivity index (χ2n) is 6.36. The summed E-state index contributed by atoms with van der Waals surface area (Å²) in [6, 6.07) is 16.1. The van der Waals surface area contributed by atoms with Crippen LogP contribution in [0.2, 0.25) is 0 Å². The molecule has 4 aromatic rings. The molecule has 1 unspecified atom stereocenters. The third kappa shape index (κ3) is 2.30. The van der Waals surface area contributed by atoms with E-state index in [1.165, 1.54) is 6.07 Å². The fourth-order valence-electron chi connectivity index (χ4n) is 3.62. The van der Waals surface area contributed by atoms with Crippen LogP contribution in [0.15, 0.2) is 60.8 Å². The summed E-state index contributed by atoms with van der Waals surface area (Å²) < 4.78 is 1.71. The molecule has 1 aliphatic rings. The number of nitrogens with two attached hydrogens (primary N) is 1. The smallest absolute Gasteiger partial charge is 0.269 e. The zero-order valence-electron chi connectivity index (χ0n) is 14.0. The second-order valence-corrected chi connectivity index (χ2v) is 6.36. The molecule has 0 aliphatic carbocycles. The molecule has 0 amide bonds. The number of hydrogen-bond acceptors (Lipinski definition) is 6. The highest BCUT2D eigenvalue weighted by atomic mass is 16.6. The Morgan fingerprint density at radius 3 is 2.85 bits per heavy atom. The minimum atomic E-state index is -0.388. The van der Waals surface area contributed by atoms with Gasteiger partial charge in [0.15, 0.2) is 0 Å². The number of fused-ring (bicyclic) bond motifs is 2. The number of nitrogen functional groups attached to an aromatic ring is 1. The fourth-order valence-corrected chi connectivity index (χ4v) is 3.62. The van der Waals surface area contributed by atoms with Crippen LogP contribution >= 0.6 is 0 Å². The predicted molar refractivity (Wildman–Crippen MR) is 101 cm³/mol. The molecule has 5 rings (SSSR count). The van der Waals surface area contributed by atoms with E-state index in [0.29, 0.717) is 0 Å². The Morgan fingerprint density at radius 1 is 1.15 bits per heavy atom. The lowest BCUT2D eigenvalue weighted by Crippen LogP contribution is -2.11. The van der Waals surface area contributed by atoms with Crippen molar-refractivity contribution in [1.82, 2.24) is 14.6 Å². The van der Waals surface area contributed by atoms with Gasteiger partial charge in [0.05, 0.1) is 16.5 Å². The molecule has 2 aromatic carbocycles. The molecule has 3 heterocycles. The summed E-state index contributed by atoms with van der Waals surface area (Å²) in [5.41, 5.74) is 11.0. The van der Waals surface area contributed by atoms with Gasteiger partial charge >= 0.3 is 0 Å². The maximum Gasteiger partial charge on any atom is 0.269 e. The van der Waals surface area contributed by atoms with Crippen molar-refractivity contribution in [2.24, 2.45) is 0 Å². The maximum atomic E-state index is 11.2. The van der Waals surface area contributed by atoms with Gasteiger partial charge in [0.1, 0.15) is 5.69 Å². The predicted octanol–water partition coefficient (Wildman–Crippen LogP) is 3.40. The molecule has 0 spiro atoms. The normalized spacial score (nSPS) is 15.0. The lowest BCUT2D eigenvalue weighted by atomic mass is 9.99. The van der Waals surface area contributed by atoms with Gasteiger partial charge in [-0.25, -0.2) is 9.50 Å². The number of rotatable bonds is 2. The van der Waals surface area contributed by atoms with E-state index in [1.807, 2.05) is 42.6 Å². The first-order valence-corrected chi connectivity index (χ1v) is 8.37. The molecule has 0 saturated carbocycles. The van der Waals surface area contributed by atoms with Gasteiger partial charge in [0.25, 0.3) is 5.69 Å². The molecule has 1 atom stereocenters. The minimum Gasteiger partial charge on any atom is -0.374 e. The van der Waals surface area contributed by atoms with Crippen molar-refractivity contribution in [1.29, 1.82) is 0 Å². The average molecular weight is 358 g/mol. The van der Waals surface area contributed by atoms with Crippen molar-refractivity contribution in [3.8, 4) is 11.3 Å². The Bertz CT molecular complexity index is 1220. The Balaban J connectivity index is 1.82. The van der Waals surface area contributed by atoms with Gasteiger partial charge in [-0.15, -0.1) is 5.10 Å². The molecule has 0 radical (unpaired) electrons. The van der Waals surface area contributed by atoms with Crippen LogP contribution < -0.4 is 11.1 Å². The number of aromatic nitrogens is 3. The van der Waals surface area contributed by atoms with E-state index >= 15 is 0 Å². The van der Waals surface area contributed by atoms with E-state index < -0.39 is 0 Å². The number of benzene rings is 2. The Labute approximate surface area is 153 Å². The van der Waals surface area contributed by atoms with Gasteiger partial charge in [-0.3, -0.25) is 10.1 Å². The van der Waals surface area contributed by atoms with Crippen LogP contribution in [0.1, 0.15) is 17.2 Å². The lowest BCUT2D eigenvalue weighted by Gasteiger charge is -2.19. The number of hydrogen-bond donors (Lipinski definition) is 2. The van der Waals surface area contributed by atoms with Crippen molar-refractivity contribution >= 4 is 22.8 Å². The van der Waals surface area contributed by atoms with E-state index in [9.17, 15) is 10.1 Å². The summed E-state index contributed by atoms with van der Waals surface area (Å²) in [6.07, 6.45) is 1.83. The molecular formula is C19H14N6O2. The van der Waals surface area contributed by atoms with E-state index in [1.54, 1.807) is 16.6 Å². The largest absolute Gasteiger partial charge is 0.374 e. The first-order valence-electron chi connectivity index (χ1n) is 8.37. The van der Waals surface area contributed by atoms with Gasteiger partial charge in [0, 0.05) is 35.1 Å². The topological polar surface area (TPSA) is 111 Å². The summed E-state index contributed by atoms with van der Waals surface area (Å²) in [6.45, 7) is 0. The van der Waals surface area contributed by atoms with Gasteiger partial charge in [-0.1, -0.05) is 30.3 Å². The molecule has 1 aliphatic heterocycles. The molecule has 3 N–H and O–H groups in total. The van der Waals surface area contributed by atoms with Crippen LogP contribution in [0.25, 0.3) is 16.8 Å². The van der Waals surface area contributed by atoms with Gasteiger partial charge in [-0.2, -0.15) is 0 Å². The number of anilines is 2. The molecule has 0 bridgehead atoms. The van der Waals surface area contributed by atoms with Gasteiger partial charge in [-0.05, 0) is 17.7 Å². The molecule has 27 heavy (non-hydrogen) atoms. The Morgan fingerprint density at radius 2 is 2.00 bits per heavy atom. The van der Waals surface area contributed by atoms with Crippen molar-refractivity contribution in [3.63, 3.8) is 0 Å². The van der Waals surface area contributed by atoms with Crippen LogP contribution in [0.3, 0.4) is 0 Å². The zero-order chi connectivity index (χ0) is 18.5.